The fourth-order valence-corrected chi connectivity index (χ4v) is 2.20. The van der Waals surface area contributed by atoms with Crippen molar-refractivity contribution < 1.29 is 4.79 Å². The quantitative estimate of drug-likeness (QED) is 0.821. The smallest absolute Gasteiger partial charge is 0.255 e. The highest BCUT2D eigenvalue weighted by Gasteiger charge is 2.11. The van der Waals surface area contributed by atoms with E-state index in [-0.39, 0.29) is 11.1 Å². The van der Waals surface area contributed by atoms with Crippen molar-refractivity contribution in [3.63, 3.8) is 0 Å². The molecule has 2 aromatic rings. The fraction of sp³-hybridized carbons (Fsp3) is 0.200. The van der Waals surface area contributed by atoms with Gasteiger partial charge in [-0.2, -0.15) is 0 Å². The molecule has 0 atom stereocenters. The summed E-state index contributed by atoms with van der Waals surface area (Å²) in [5.74, 6) is 0.274. The zero-order chi connectivity index (χ0) is 15.4. The lowest BCUT2D eigenvalue weighted by atomic mass is 10.2. The van der Waals surface area contributed by atoms with Crippen molar-refractivity contribution in [2.75, 3.05) is 17.2 Å². The van der Waals surface area contributed by atoms with Crippen LogP contribution in [0.3, 0.4) is 0 Å². The summed E-state index contributed by atoms with van der Waals surface area (Å²) >= 11 is 12.0. The zero-order valence-electron chi connectivity index (χ0n) is 11.7. The van der Waals surface area contributed by atoms with E-state index in [4.69, 9.17) is 23.2 Å². The molecular weight excluding hydrogens is 309 g/mol. The van der Waals surface area contributed by atoms with E-state index >= 15 is 0 Å². The fourth-order valence-electron chi connectivity index (χ4n) is 1.83. The molecule has 1 aromatic carbocycles. The van der Waals surface area contributed by atoms with Crippen LogP contribution in [0.5, 0.6) is 0 Å². The monoisotopic (exact) mass is 323 g/mol. The van der Waals surface area contributed by atoms with Crippen LogP contribution in [0, 0.1) is 6.92 Å². The number of nitrogens with one attached hydrogen (secondary N) is 2. The van der Waals surface area contributed by atoms with E-state index in [1.807, 2.05) is 26.0 Å². The third-order valence-corrected chi connectivity index (χ3v) is 3.31. The number of nitrogens with zero attached hydrogens (tertiary/aromatic N) is 1. The lowest BCUT2D eigenvalue weighted by Gasteiger charge is -2.10. The minimum absolute atomic E-state index is 0.258. The average Bonchev–Trinajstić information content (AvgIpc) is 2.42. The molecule has 6 heteroatoms. The van der Waals surface area contributed by atoms with Gasteiger partial charge in [0.1, 0.15) is 11.0 Å². The van der Waals surface area contributed by atoms with E-state index in [2.05, 4.69) is 15.6 Å². The minimum Gasteiger partial charge on any atom is -0.370 e. The van der Waals surface area contributed by atoms with Crippen molar-refractivity contribution in [1.29, 1.82) is 0 Å². The predicted molar refractivity (Wildman–Crippen MR) is 87.6 cm³/mol. The summed E-state index contributed by atoms with van der Waals surface area (Å²) in [4.78, 5) is 16.4. The zero-order valence-corrected chi connectivity index (χ0v) is 13.2. The second kappa shape index (κ2) is 6.78. The molecule has 1 amide bonds. The van der Waals surface area contributed by atoms with Crippen molar-refractivity contribution in [3.05, 3.63) is 51.6 Å². The van der Waals surface area contributed by atoms with Gasteiger partial charge in [-0.25, -0.2) is 4.98 Å². The standard InChI is InChI=1S/C15H15Cl2N3O/c1-3-18-14-8-10(7-13(17)20-14)15(21)19-12-6-9(2)4-5-11(12)16/h4-8H,3H2,1-2H3,(H,18,20)(H,19,21). The first-order valence-corrected chi connectivity index (χ1v) is 7.24. The van der Waals surface area contributed by atoms with Crippen molar-refractivity contribution in [2.45, 2.75) is 13.8 Å². The van der Waals surface area contributed by atoms with Crippen LogP contribution in [-0.4, -0.2) is 17.4 Å². The molecular formula is C15H15Cl2N3O. The van der Waals surface area contributed by atoms with Gasteiger partial charge in [0.05, 0.1) is 10.7 Å². The minimum atomic E-state index is -0.286. The normalized spacial score (nSPS) is 10.3. The van der Waals surface area contributed by atoms with Crippen LogP contribution >= 0.6 is 23.2 Å². The number of carbonyl (C=O) groups excluding carboxylic acids is 1. The molecule has 0 aliphatic rings. The van der Waals surface area contributed by atoms with Crippen molar-refractivity contribution >= 4 is 40.6 Å². The highest BCUT2D eigenvalue weighted by Crippen LogP contribution is 2.24. The molecule has 0 spiro atoms. The Morgan fingerprint density at radius 1 is 1.24 bits per heavy atom. The number of halogens is 2. The Morgan fingerprint density at radius 2 is 2.00 bits per heavy atom. The summed E-state index contributed by atoms with van der Waals surface area (Å²) < 4.78 is 0. The first-order valence-electron chi connectivity index (χ1n) is 6.48. The SMILES string of the molecule is CCNc1cc(C(=O)Nc2cc(C)ccc2Cl)cc(Cl)n1. The molecule has 0 aliphatic carbocycles. The van der Waals surface area contributed by atoms with E-state index < -0.39 is 0 Å². The Labute approximate surface area is 133 Å². The number of benzene rings is 1. The van der Waals surface area contributed by atoms with Gasteiger partial charge in [0.25, 0.3) is 5.91 Å². The third-order valence-electron chi connectivity index (χ3n) is 2.78. The largest absolute Gasteiger partial charge is 0.370 e. The van der Waals surface area contributed by atoms with Crippen LogP contribution in [0.1, 0.15) is 22.8 Å². The van der Waals surface area contributed by atoms with Crippen LogP contribution in [-0.2, 0) is 0 Å². The number of aryl methyl sites for hydroxylation is 1. The van der Waals surface area contributed by atoms with Crippen LogP contribution in [0.15, 0.2) is 30.3 Å². The number of pyridine rings is 1. The van der Waals surface area contributed by atoms with Crippen LogP contribution < -0.4 is 10.6 Å². The van der Waals surface area contributed by atoms with Gasteiger partial charge in [-0.05, 0) is 43.7 Å². The van der Waals surface area contributed by atoms with Gasteiger partial charge >= 0.3 is 0 Å². The molecule has 0 radical (unpaired) electrons. The molecule has 0 bridgehead atoms. The lowest BCUT2D eigenvalue weighted by molar-refractivity contribution is 0.102. The molecule has 0 saturated heterocycles. The Hall–Kier alpha value is -1.78. The first kappa shape index (κ1) is 15.6. The van der Waals surface area contributed by atoms with E-state index in [1.54, 1.807) is 12.1 Å². The van der Waals surface area contributed by atoms with Gasteiger partial charge in [0.15, 0.2) is 0 Å². The number of anilines is 2. The molecule has 0 unspecified atom stereocenters. The molecule has 2 rings (SSSR count). The summed E-state index contributed by atoms with van der Waals surface area (Å²) in [5, 5.41) is 6.55. The highest BCUT2D eigenvalue weighted by molar-refractivity contribution is 6.34. The number of carbonyl (C=O) groups is 1. The Bertz CT molecular complexity index is 674. The summed E-state index contributed by atoms with van der Waals surface area (Å²) in [6.07, 6.45) is 0. The van der Waals surface area contributed by atoms with Gasteiger partial charge in [-0.1, -0.05) is 29.3 Å². The van der Waals surface area contributed by atoms with Gasteiger partial charge < -0.3 is 10.6 Å². The first-order chi connectivity index (χ1) is 9.99. The summed E-state index contributed by atoms with van der Waals surface area (Å²) in [6, 6.07) is 8.60. The summed E-state index contributed by atoms with van der Waals surface area (Å²) in [6.45, 7) is 4.56. The molecule has 2 N–H and O–H groups in total. The van der Waals surface area contributed by atoms with Gasteiger partial charge in [-0.15, -0.1) is 0 Å². The third kappa shape index (κ3) is 4.09. The van der Waals surface area contributed by atoms with E-state index in [0.717, 1.165) is 5.56 Å². The van der Waals surface area contributed by atoms with Gasteiger partial charge in [0, 0.05) is 12.1 Å². The Balaban J connectivity index is 2.25. The van der Waals surface area contributed by atoms with E-state index in [0.29, 0.717) is 28.6 Å². The molecule has 0 aliphatic heterocycles. The second-order valence-corrected chi connectivity index (χ2v) is 5.33. The number of aromatic nitrogens is 1. The maximum absolute atomic E-state index is 12.3. The van der Waals surface area contributed by atoms with Crippen molar-refractivity contribution in [1.82, 2.24) is 4.98 Å². The lowest BCUT2D eigenvalue weighted by Crippen LogP contribution is -2.13. The van der Waals surface area contributed by atoms with Crippen molar-refractivity contribution in [3.8, 4) is 0 Å². The van der Waals surface area contributed by atoms with E-state index in [9.17, 15) is 4.79 Å². The molecule has 4 nitrogen and oxygen atoms in total. The molecule has 21 heavy (non-hydrogen) atoms. The molecule has 0 saturated carbocycles. The summed E-state index contributed by atoms with van der Waals surface area (Å²) in [7, 11) is 0. The topological polar surface area (TPSA) is 54.0 Å². The number of rotatable bonds is 4. The van der Waals surface area contributed by atoms with E-state index in [1.165, 1.54) is 6.07 Å². The van der Waals surface area contributed by atoms with Gasteiger partial charge in [-0.3, -0.25) is 4.79 Å². The van der Waals surface area contributed by atoms with Crippen molar-refractivity contribution in [2.24, 2.45) is 0 Å². The summed E-state index contributed by atoms with van der Waals surface area (Å²) in [5.41, 5.74) is 2.00. The van der Waals surface area contributed by atoms with Crippen LogP contribution in [0.4, 0.5) is 11.5 Å². The number of amides is 1. The van der Waals surface area contributed by atoms with Gasteiger partial charge in [0.2, 0.25) is 0 Å². The Kier molecular flexibility index (Phi) is 5.04. The Morgan fingerprint density at radius 3 is 2.71 bits per heavy atom. The van der Waals surface area contributed by atoms with Crippen LogP contribution in [0.25, 0.3) is 0 Å². The molecule has 0 fully saturated rings. The number of hydrogen-bond acceptors (Lipinski definition) is 3. The average molecular weight is 324 g/mol. The molecule has 110 valence electrons. The van der Waals surface area contributed by atoms with Crippen LogP contribution in [0.2, 0.25) is 10.2 Å². The predicted octanol–water partition coefficient (Wildman–Crippen LogP) is 4.38. The maximum atomic E-state index is 12.3. The maximum Gasteiger partial charge on any atom is 0.255 e. The molecule has 1 aromatic heterocycles. The molecule has 1 heterocycles. The second-order valence-electron chi connectivity index (χ2n) is 4.53. The number of hydrogen-bond donors (Lipinski definition) is 2. The highest BCUT2D eigenvalue weighted by atomic mass is 35.5.